The molecule has 0 amide bonds. The van der Waals surface area contributed by atoms with Crippen molar-refractivity contribution < 1.29 is 14.3 Å². The molecule has 0 aromatic heterocycles. The lowest BCUT2D eigenvalue weighted by Gasteiger charge is -2.30. The zero-order chi connectivity index (χ0) is 9.47. The molecule has 0 bridgehead atoms. The molecule has 1 saturated carbocycles. The van der Waals surface area contributed by atoms with Crippen LogP contribution < -0.4 is 0 Å². The van der Waals surface area contributed by atoms with Crippen molar-refractivity contribution in [3.05, 3.63) is 0 Å². The molecule has 2 fully saturated rings. The summed E-state index contributed by atoms with van der Waals surface area (Å²) < 4.78 is 4.97. The first kappa shape index (κ1) is 8.73. The Bertz CT molecular complexity index is 259. The summed E-state index contributed by atoms with van der Waals surface area (Å²) in [7, 11) is 0. The van der Waals surface area contributed by atoms with Crippen LogP contribution in [0.4, 0.5) is 0 Å². The number of ketones is 1. The van der Waals surface area contributed by atoms with E-state index in [2.05, 4.69) is 0 Å². The van der Waals surface area contributed by atoms with Gasteiger partial charge in [-0.2, -0.15) is 0 Å². The maximum atomic E-state index is 11.7. The molecule has 0 radical (unpaired) electrons. The van der Waals surface area contributed by atoms with Gasteiger partial charge in [0.1, 0.15) is 5.41 Å². The van der Waals surface area contributed by atoms with Gasteiger partial charge in [0, 0.05) is 12.3 Å². The highest BCUT2D eigenvalue weighted by Gasteiger charge is 2.55. The Morgan fingerprint density at radius 2 is 2.15 bits per heavy atom. The standard InChI is InChI=1S/C10H14O3/c1-7-6-13-9(12)10(7)5-3-2-4-8(10)11/h7H,2-6H2,1H3/t7-,10-/m1/s1. The third-order valence-corrected chi connectivity index (χ3v) is 3.39. The number of carbonyl (C=O) groups is 2. The highest BCUT2D eigenvalue weighted by molar-refractivity contribution is 6.05. The van der Waals surface area contributed by atoms with Gasteiger partial charge in [0.05, 0.1) is 6.61 Å². The van der Waals surface area contributed by atoms with Crippen LogP contribution in [0.2, 0.25) is 0 Å². The van der Waals surface area contributed by atoms with E-state index in [9.17, 15) is 9.59 Å². The van der Waals surface area contributed by atoms with Crippen molar-refractivity contribution in [3.63, 3.8) is 0 Å². The van der Waals surface area contributed by atoms with Crippen LogP contribution in [0.25, 0.3) is 0 Å². The van der Waals surface area contributed by atoms with Gasteiger partial charge in [-0.15, -0.1) is 0 Å². The van der Waals surface area contributed by atoms with Crippen LogP contribution >= 0.6 is 0 Å². The first-order chi connectivity index (χ1) is 6.18. The average Bonchev–Trinajstić information content (AvgIpc) is 2.39. The van der Waals surface area contributed by atoms with Crippen LogP contribution in [-0.4, -0.2) is 18.4 Å². The molecule has 2 rings (SSSR count). The Kier molecular flexibility index (Phi) is 1.90. The Balaban J connectivity index is 2.34. The molecule has 1 aliphatic carbocycles. The molecule has 3 heteroatoms. The van der Waals surface area contributed by atoms with Gasteiger partial charge in [-0.05, 0) is 12.8 Å². The second-order valence-corrected chi connectivity index (χ2v) is 4.10. The fraction of sp³-hybridized carbons (Fsp3) is 0.800. The molecule has 0 aromatic carbocycles. The molecule has 72 valence electrons. The van der Waals surface area contributed by atoms with Crippen molar-refractivity contribution in [2.24, 2.45) is 11.3 Å². The van der Waals surface area contributed by atoms with Crippen molar-refractivity contribution in [2.45, 2.75) is 32.6 Å². The smallest absolute Gasteiger partial charge is 0.320 e. The number of ether oxygens (including phenoxy) is 1. The zero-order valence-electron chi connectivity index (χ0n) is 7.84. The van der Waals surface area contributed by atoms with Crippen molar-refractivity contribution in [1.29, 1.82) is 0 Å². The van der Waals surface area contributed by atoms with Gasteiger partial charge in [0.25, 0.3) is 0 Å². The molecular formula is C10H14O3. The predicted molar refractivity (Wildman–Crippen MR) is 46.0 cm³/mol. The Morgan fingerprint density at radius 3 is 2.69 bits per heavy atom. The van der Waals surface area contributed by atoms with Gasteiger partial charge in [0.2, 0.25) is 0 Å². The molecule has 0 aromatic rings. The fourth-order valence-electron chi connectivity index (χ4n) is 2.46. The lowest BCUT2D eigenvalue weighted by Crippen LogP contribution is -2.42. The molecule has 3 nitrogen and oxygen atoms in total. The highest BCUT2D eigenvalue weighted by Crippen LogP contribution is 2.44. The molecule has 1 saturated heterocycles. The normalized spacial score (nSPS) is 39.6. The highest BCUT2D eigenvalue weighted by atomic mass is 16.5. The SMILES string of the molecule is C[C@@H]1COC(=O)[C@]12CCCCC2=O. The van der Waals surface area contributed by atoms with E-state index in [1.807, 2.05) is 6.92 Å². The largest absolute Gasteiger partial charge is 0.465 e. The van der Waals surface area contributed by atoms with Crippen LogP contribution in [0, 0.1) is 11.3 Å². The second kappa shape index (κ2) is 2.82. The van der Waals surface area contributed by atoms with Crippen LogP contribution in [0.5, 0.6) is 0 Å². The first-order valence-corrected chi connectivity index (χ1v) is 4.88. The Morgan fingerprint density at radius 1 is 1.38 bits per heavy atom. The summed E-state index contributed by atoms with van der Waals surface area (Å²) in [5, 5.41) is 0. The number of esters is 1. The molecule has 1 heterocycles. The number of hydrogen-bond acceptors (Lipinski definition) is 3. The third-order valence-electron chi connectivity index (χ3n) is 3.39. The van der Waals surface area contributed by atoms with Crippen molar-refractivity contribution >= 4 is 11.8 Å². The molecule has 0 N–H and O–H groups in total. The van der Waals surface area contributed by atoms with Gasteiger partial charge in [-0.3, -0.25) is 9.59 Å². The van der Waals surface area contributed by atoms with Gasteiger partial charge in [-0.1, -0.05) is 13.3 Å². The molecule has 2 atom stereocenters. The molecular weight excluding hydrogens is 168 g/mol. The molecule has 13 heavy (non-hydrogen) atoms. The lowest BCUT2D eigenvalue weighted by atomic mass is 9.67. The van der Waals surface area contributed by atoms with E-state index in [4.69, 9.17) is 4.74 Å². The van der Waals surface area contributed by atoms with Crippen LogP contribution in [0.15, 0.2) is 0 Å². The number of cyclic esters (lactones) is 1. The van der Waals surface area contributed by atoms with E-state index < -0.39 is 5.41 Å². The molecule has 2 aliphatic rings. The average molecular weight is 182 g/mol. The molecule has 1 aliphatic heterocycles. The summed E-state index contributed by atoms with van der Waals surface area (Å²) in [4.78, 5) is 23.3. The minimum absolute atomic E-state index is 0.0767. The van der Waals surface area contributed by atoms with Crippen LogP contribution in [0.3, 0.4) is 0 Å². The predicted octanol–water partition coefficient (Wildman–Crippen LogP) is 1.31. The summed E-state index contributed by atoms with van der Waals surface area (Å²) in [6.45, 7) is 2.36. The van der Waals surface area contributed by atoms with Crippen LogP contribution in [0.1, 0.15) is 32.6 Å². The van der Waals surface area contributed by atoms with E-state index in [-0.39, 0.29) is 17.7 Å². The van der Waals surface area contributed by atoms with E-state index in [0.717, 1.165) is 12.8 Å². The third kappa shape index (κ3) is 1.02. The summed E-state index contributed by atoms with van der Waals surface area (Å²) in [6.07, 6.45) is 3.16. The van der Waals surface area contributed by atoms with Crippen LogP contribution in [-0.2, 0) is 14.3 Å². The topological polar surface area (TPSA) is 43.4 Å². The first-order valence-electron chi connectivity index (χ1n) is 4.88. The zero-order valence-corrected chi connectivity index (χ0v) is 7.84. The fourth-order valence-corrected chi connectivity index (χ4v) is 2.46. The van der Waals surface area contributed by atoms with Gasteiger partial charge >= 0.3 is 5.97 Å². The summed E-state index contributed by atoms with van der Waals surface area (Å²) in [5.41, 5.74) is -0.752. The maximum Gasteiger partial charge on any atom is 0.320 e. The quantitative estimate of drug-likeness (QED) is 0.419. The minimum Gasteiger partial charge on any atom is -0.465 e. The number of rotatable bonds is 0. The lowest BCUT2D eigenvalue weighted by molar-refractivity contribution is -0.153. The van der Waals surface area contributed by atoms with Crippen molar-refractivity contribution in [1.82, 2.24) is 0 Å². The van der Waals surface area contributed by atoms with E-state index in [1.165, 1.54) is 0 Å². The number of Topliss-reactive ketones (excluding diaryl/α,β-unsaturated/α-hetero) is 1. The summed E-state index contributed by atoms with van der Waals surface area (Å²) >= 11 is 0. The van der Waals surface area contributed by atoms with E-state index >= 15 is 0 Å². The van der Waals surface area contributed by atoms with Crippen molar-refractivity contribution in [3.8, 4) is 0 Å². The van der Waals surface area contributed by atoms with Gasteiger partial charge < -0.3 is 4.74 Å². The monoisotopic (exact) mass is 182 g/mol. The Labute approximate surface area is 77.4 Å². The maximum absolute atomic E-state index is 11.7. The van der Waals surface area contributed by atoms with Gasteiger partial charge in [0.15, 0.2) is 5.78 Å². The summed E-state index contributed by atoms with van der Waals surface area (Å²) in [6, 6.07) is 0. The van der Waals surface area contributed by atoms with E-state index in [0.29, 0.717) is 19.4 Å². The van der Waals surface area contributed by atoms with E-state index in [1.54, 1.807) is 0 Å². The minimum atomic E-state index is -0.752. The molecule has 0 unspecified atom stereocenters. The summed E-state index contributed by atoms with van der Waals surface area (Å²) in [5.74, 6) is -0.0914. The van der Waals surface area contributed by atoms with Crippen molar-refractivity contribution in [2.75, 3.05) is 6.61 Å². The number of carbonyl (C=O) groups excluding carboxylic acids is 2. The second-order valence-electron chi connectivity index (χ2n) is 4.10. The number of hydrogen-bond donors (Lipinski definition) is 0. The molecule has 1 spiro atoms. The Hall–Kier alpha value is -0.860. The van der Waals surface area contributed by atoms with Gasteiger partial charge in [-0.25, -0.2) is 0 Å².